The molecule has 8 heteroatoms. The predicted molar refractivity (Wildman–Crippen MR) is 72.1 cm³/mol. The van der Waals surface area contributed by atoms with Gasteiger partial charge in [0, 0.05) is 11.6 Å². The largest absolute Gasteiger partial charge is 0.486 e. The van der Waals surface area contributed by atoms with E-state index < -0.39 is 12.1 Å². The number of rotatable bonds is 3. The molecule has 110 valence electrons. The normalized spacial score (nSPS) is 14.8. The van der Waals surface area contributed by atoms with E-state index >= 15 is 0 Å². The van der Waals surface area contributed by atoms with Crippen LogP contribution in [0.4, 0.5) is 0 Å². The molecule has 0 spiro atoms. The van der Waals surface area contributed by atoms with Gasteiger partial charge in [-0.3, -0.25) is 0 Å². The molecule has 3 N–H and O–H groups in total. The second-order valence-corrected chi connectivity index (χ2v) is 4.80. The fourth-order valence-electron chi connectivity index (χ4n) is 2.13. The van der Waals surface area contributed by atoms with Gasteiger partial charge in [0.05, 0.1) is 17.0 Å². The number of hydrogen-bond acceptors (Lipinski definition) is 5. The summed E-state index contributed by atoms with van der Waals surface area (Å²) in [7, 11) is 0. The van der Waals surface area contributed by atoms with E-state index in [-0.39, 0.29) is 16.4 Å². The number of fused-ring (bicyclic) bond motifs is 1. The highest BCUT2D eigenvalue weighted by molar-refractivity contribution is 6.31. The number of H-pyrrole nitrogens is 1. The molecule has 0 amide bonds. The number of hydrogen-bond donors (Lipinski definition) is 3. The summed E-state index contributed by atoms with van der Waals surface area (Å²) >= 11 is 6.13. The molecule has 1 atom stereocenters. The van der Waals surface area contributed by atoms with Crippen LogP contribution in [0, 0.1) is 0 Å². The summed E-state index contributed by atoms with van der Waals surface area (Å²) in [5.74, 6) is -0.291. The smallest absolute Gasteiger partial charge is 0.356 e. The fourth-order valence-corrected chi connectivity index (χ4v) is 2.38. The van der Waals surface area contributed by atoms with E-state index in [4.69, 9.17) is 26.2 Å². The van der Waals surface area contributed by atoms with E-state index in [0.29, 0.717) is 30.3 Å². The Morgan fingerprint density at radius 2 is 2.00 bits per heavy atom. The van der Waals surface area contributed by atoms with Crippen LogP contribution in [0.3, 0.4) is 0 Å². The molecule has 1 unspecified atom stereocenters. The molecule has 2 aromatic rings. The molecule has 1 aliphatic rings. The Kier molecular flexibility index (Phi) is 3.44. The lowest BCUT2D eigenvalue weighted by molar-refractivity contribution is 0.0685. The second kappa shape index (κ2) is 5.27. The van der Waals surface area contributed by atoms with Crippen LogP contribution < -0.4 is 9.47 Å². The van der Waals surface area contributed by atoms with Gasteiger partial charge in [0.25, 0.3) is 0 Å². The van der Waals surface area contributed by atoms with Crippen molar-refractivity contribution in [1.82, 2.24) is 9.97 Å². The first-order chi connectivity index (χ1) is 10.1. The zero-order chi connectivity index (χ0) is 15.0. The molecule has 1 aliphatic heterocycles. The molecular weight excluding hydrogens is 300 g/mol. The van der Waals surface area contributed by atoms with Crippen LogP contribution in [-0.2, 0) is 0 Å². The van der Waals surface area contributed by atoms with Crippen molar-refractivity contribution < 1.29 is 24.5 Å². The van der Waals surface area contributed by atoms with Gasteiger partial charge < -0.3 is 24.7 Å². The highest BCUT2D eigenvalue weighted by atomic mass is 35.5. The lowest BCUT2D eigenvalue weighted by Crippen LogP contribution is -2.16. The van der Waals surface area contributed by atoms with Crippen LogP contribution in [0.2, 0.25) is 5.02 Å². The molecule has 1 aromatic heterocycles. The third kappa shape index (κ3) is 2.41. The first kappa shape index (κ1) is 13.7. The molecule has 2 heterocycles. The predicted octanol–water partition coefficient (Wildman–Crippen LogP) is 1.61. The maximum absolute atomic E-state index is 11.1. The SMILES string of the molecule is O=C(O)c1nc[nH]c1C(O)c1cc2c(cc1Cl)OCCO2. The number of halogens is 1. The number of aliphatic hydroxyl groups excluding tert-OH is 1. The minimum absolute atomic E-state index is 0.0566. The van der Waals surface area contributed by atoms with E-state index in [9.17, 15) is 9.90 Å². The van der Waals surface area contributed by atoms with Crippen LogP contribution in [0.15, 0.2) is 18.5 Å². The third-order valence-corrected chi connectivity index (χ3v) is 3.43. The van der Waals surface area contributed by atoms with Gasteiger partial charge in [-0.05, 0) is 6.07 Å². The lowest BCUT2D eigenvalue weighted by atomic mass is 10.0. The quantitative estimate of drug-likeness (QED) is 0.795. The van der Waals surface area contributed by atoms with Gasteiger partial charge in [0.2, 0.25) is 0 Å². The number of nitrogens with zero attached hydrogens (tertiary/aromatic N) is 1. The number of aromatic nitrogens is 2. The molecule has 0 fully saturated rings. The summed E-state index contributed by atoms with van der Waals surface area (Å²) in [4.78, 5) is 17.4. The van der Waals surface area contributed by atoms with Crippen LogP contribution in [0.1, 0.15) is 27.8 Å². The van der Waals surface area contributed by atoms with Crippen molar-refractivity contribution in [2.75, 3.05) is 13.2 Å². The fraction of sp³-hybridized carbons (Fsp3) is 0.231. The van der Waals surface area contributed by atoms with Crippen LogP contribution >= 0.6 is 11.6 Å². The molecule has 7 nitrogen and oxygen atoms in total. The summed E-state index contributed by atoms with van der Waals surface area (Å²) in [5, 5.41) is 19.7. The van der Waals surface area contributed by atoms with Crippen LogP contribution in [0.25, 0.3) is 0 Å². The summed E-state index contributed by atoms with van der Waals surface area (Å²) in [5.41, 5.74) is 0.113. The highest BCUT2D eigenvalue weighted by Gasteiger charge is 2.25. The number of imidazole rings is 1. The first-order valence-electron chi connectivity index (χ1n) is 6.11. The Hall–Kier alpha value is -2.25. The van der Waals surface area contributed by atoms with E-state index in [2.05, 4.69) is 9.97 Å². The minimum Gasteiger partial charge on any atom is -0.486 e. The summed E-state index contributed by atoms with van der Waals surface area (Å²) in [6, 6.07) is 3.07. The zero-order valence-electron chi connectivity index (χ0n) is 10.7. The number of carboxylic acids is 1. The number of nitrogens with one attached hydrogen (secondary N) is 1. The molecular formula is C13H11ClN2O5. The standard InChI is InChI=1S/C13H11ClN2O5/c14-7-4-9-8(20-1-2-21-9)3-6(7)12(17)10-11(13(18)19)16-5-15-10/h3-5,12,17H,1-2H2,(H,15,16)(H,18,19). The summed E-state index contributed by atoms with van der Waals surface area (Å²) in [6.45, 7) is 0.823. The van der Waals surface area contributed by atoms with Gasteiger partial charge in [0.15, 0.2) is 17.2 Å². The maximum atomic E-state index is 11.1. The van der Waals surface area contributed by atoms with Crippen molar-refractivity contribution in [1.29, 1.82) is 0 Å². The monoisotopic (exact) mass is 310 g/mol. The average molecular weight is 311 g/mol. The van der Waals surface area contributed by atoms with Gasteiger partial charge in [-0.25, -0.2) is 9.78 Å². The number of carbonyl (C=O) groups is 1. The van der Waals surface area contributed by atoms with Gasteiger partial charge in [-0.2, -0.15) is 0 Å². The molecule has 0 bridgehead atoms. The molecule has 1 aromatic carbocycles. The van der Waals surface area contributed by atoms with Gasteiger partial charge >= 0.3 is 5.97 Å². The average Bonchev–Trinajstić information content (AvgIpc) is 2.95. The van der Waals surface area contributed by atoms with Gasteiger partial charge in [-0.1, -0.05) is 11.6 Å². The number of aromatic carboxylic acids is 1. The number of aliphatic hydroxyl groups is 1. The Morgan fingerprint density at radius 1 is 1.33 bits per heavy atom. The van der Waals surface area contributed by atoms with Gasteiger partial charge in [0.1, 0.15) is 19.3 Å². The van der Waals surface area contributed by atoms with Crippen molar-refractivity contribution >= 4 is 17.6 Å². The Bertz CT molecular complexity index is 700. The van der Waals surface area contributed by atoms with Crippen molar-refractivity contribution in [3.8, 4) is 11.5 Å². The topological polar surface area (TPSA) is 105 Å². The number of aromatic amines is 1. The number of benzene rings is 1. The van der Waals surface area contributed by atoms with E-state index in [1.54, 1.807) is 0 Å². The number of ether oxygens (including phenoxy) is 2. The third-order valence-electron chi connectivity index (χ3n) is 3.10. The Labute approximate surface area is 124 Å². The second-order valence-electron chi connectivity index (χ2n) is 4.39. The van der Waals surface area contributed by atoms with Crippen LogP contribution in [0.5, 0.6) is 11.5 Å². The molecule has 21 heavy (non-hydrogen) atoms. The zero-order valence-corrected chi connectivity index (χ0v) is 11.4. The molecule has 3 rings (SSSR count). The highest BCUT2D eigenvalue weighted by Crippen LogP contribution is 2.39. The summed E-state index contributed by atoms with van der Waals surface area (Å²) < 4.78 is 10.8. The number of carboxylic acid groups (broad SMARTS) is 1. The summed E-state index contributed by atoms with van der Waals surface area (Å²) in [6.07, 6.45) is -0.0598. The van der Waals surface area contributed by atoms with Crippen molar-refractivity contribution in [3.63, 3.8) is 0 Å². The maximum Gasteiger partial charge on any atom is 0.356 e. The minimum atomic E-state index is -1.26. The molecule has 0 radical (unpaired) electrons. The Balaban J connectivity index is 2.03. The van der Waals surface area contributed by atoms with E-state index in [0.717, 1.165) is 0 Å². The molecule has 0 saturated heterocycles. The van der Waals surface area contributed by atoms with Gasteiger partial charge in [-0.15, -0.1) is 0 Å². The van der Waals surface area contributed by atoms with Crippen molar-refractivity contribution in [2.24, 2.45) is 0 Å². The van der Waals surface area contributed by atoms with Crippen molar-refractivity contribution in [2.45, 2.75) is 6.10 Å². The lowest BCUT2D eigenvalue weighted by Gasteiger charge is -2.21. The molecule has 0 aliphatic carbocycles. The van der Waals surface area contributed by atoms with E-state index in [1.165, 1.54) is 18.5 Å². The Morgan fingerprint density at radius 3 is 2.67 bits per heavy atom. The first-order valence-corrected chi connectivity index (χ1v) is 6.49. The van der Waals surface area contributed by atoms with Crippen LogP contribution in [-0.4, -0.2) is 39.4 Å². The molecule has 0 saturated carbocycles. The van der Waals surface area contributed by atoms with E-state index in [1.807, 2.05) is 0 Å². The van der Waals surface area contributed by atoms with Crippen molar-refractivity contribution in [3.05, 3.63) is 40.4 Å².